The van der Waals surface area contributed by atoms with E-state index < -0.39 is 11.9 Å². The van der Waals surface area contributed by atoms with Crippen LogP contribution >= 0.6 is 0 Å². The van der Waals surface area contributed by atoms with Crippen molar-refractivity contribution in [2.45, 2.75) is 38.6 Å². The van der Waals surface area contributed by atoms with Crippen LogP contribution in [0, 0.1) is 12.8 Å². The number of rotatable bonds is 5. The van der Waals surface area contributed by atoms with Crippen molar-refractivity contribution in [2.75, 3.05) is 32.7 Å². The zero-order chi connectivity index (χ0) is 18.5. The van der Waals surface area contributed by atoms with Crippen LogP contribution in [0.15, 0.2) is 24.3 Å². The average molecular weight is 359 g/mol. The van der Waals surface area contributed by atoms with Gasteiger partial charge in [0.15, 0.2) is 0 Å². The fraction of sp³-hybridized carbons (Fsp3) is 0.600. The predicted molar refractivity (Wildman–Crippen MR) is 100 cm³/mol. The molecule has 0 aromatic heterocycles. The molecule has 3 rings (SSSR count). The lowest BCUT2D eigenvalue weighted by molar-refractivity contribution is -0.143. The molecule has 2 saturated heterocycles. The van der Waals surface area contributed by atoms with Gasteiger partial charge in [-0.05, 0) is 51.3 Å². The molecule has 0 saturated carbocycles. The molecule has 142 valence electrons. The molecule has 1 aromatic carbocycles. The number of likely N-dealkylation sites (tertiary alicyclic amines) is 2. The molecule has 2 amide bonds. The molecule has 2 N–H and O–H groups in total. The van der Waals surface area contributed by atoms with Crippen molar-refractivity contribution >= 4 is 12.0 Å². The lowest BCUT2D eigenvalue weighted by atomic mass is 9.99. The number of amides is 2. The summed E-state index contributed by atoms with van der Waals surface area (Å²) in [6, 6.07) is 8.54. The first kappa shape index (κ1) is 18.7. The van der Waals surface area contributed by atoms with E-state index in [1.807, 2.05) is 0 Å². The van der Waals surface area contributed by atoms with Crippen LogP contribution in [-0.2, 0) is 4.79 Å². The van der Waals surface area contributed by atoms with E-state index in [0.717, 1.165) is 19.5 Å². The van der Waals surface area contributed by atoms with Gasteiger partial charge in [-0.15, -0.1) is 0 Å². The molecule has 2 heterocycles. The third-order valence-corrected chi connectivity index (χ3v) is 5.55. The van der Waals surface area contributed by atoms with E-state index in [4.69, 9.17) is 0 Å². The number of nitrogens with zero attached hydrogens (tertiary/aromatic N) is 2. The standard InChI is InChI=1S/C20H29N3O3/c1-15-6-8-16(9-7-15)18(22-10-2-3-11-22)13-21-20(26)23-12-4-5-17(14-23)19(24)25/h6-9,17-18H,2-5,10-14H2,1H3,(H,21,26)(H,24,25). The Morgan fingerprint density at radius 1 is 1.15 bits per heavy atom. The summed E-state index contributed by atoms with van der Waals surface area (Å²) in [5.74, 6) is -1.25. The van der Waals surface area contributed by atoms with Gasteiger partial charge in [-0.1, -0.05) is 29.8 Å². The maximum Gasteiger partial charge on any atom is 0.317 e. The van der Waals surface area contributed by atoms with E-state index in [0.29, 0.717) is 26.1 Å². The van der Waals surface area contributed by atoms with Gasteiger partial charge in [0.05, 0.1) is 12.0 Å². The Kier molecular flexibility index (Phi) is 6.14. The van der Waals surface area contributed by atoms with Crippen molar-refractivity contribution in [1.29, 1.82) is 0 Å². The molecule has 26 heavy (non-hydrogen) atoms. The van der Waals surface area contributed by atoms with Gasteiger partial charge >= 0.3 is 12.0 Å². The Morgan fingerprint density at radius 3 is 2.50 bits per heavy atom. The molecule has 2 aliphatic heterocycles. The van der Waals surface area contributed by atoms with Gasteiger partial charge in [0.2, 0.25) is 0 Å². The van der Waals surface area contributed by atoms with E-state index in [-0.39, 0.29) is 12.1 Å². The zero-order valence-corrected chi connectivity index (χ0v) is 15.5. The molecule has 2 atom stereocenters. The summed E-state index contributed by atoms with van der Waals surface area (Å²) in [6.45, 7) is 5.68. The minimum Gasteiger partial charge on any atom is -0.481 e. The molecule has 6 heteroatoms. The van der Waals surface area contributed by atoms with Gasteiger partial charge in [0.25, 0.3) is 0 Å². The minimum absolute atomic E-state index is 0.146. The number of hydrogen-bond donors (Lipinski definition) is 2. The van der Waals surface area contributed by atoms with Gasteiger partial charge in [-0.25, -0.2) is 4.79 Å². The van der Waals surface area contributed by atoms with E-state index in [1.165, 1.54) is 24.0 Å². The average Bonchev–Trinajstić information content (AvgIpc) is 3.17. The normalized spacial score (nSPS) is 22.2. The van der Waals surface area contributed by atoms with E-state index in [1.54, 1.807) is 4.90 Å². The lowest BCUT2D eigenvalue weighted by Crippen LogP contribution is -2.48. The fourth-order valence-corrected chi connectivity index (χ4v) is 3.96. The molecular formula is C20H29N3O3. The number of aliphatic carboxylic acids is 1. The SMILES string of the molecule is Cc1ccc(C(CNC(=O)N2CCCC(C(=O)O)C2)N2CCCC2)cc1. The van der Waals surface area contributed by atoms with Gasteiger partial charge in [-0.2, -0.15) is 0 Å². The van der Waals surface area contributed by atoms with Crippen LogP contribution in [-0.4, -0.2) is 59.6 Å². The molecule has 2 aliphatic rings. The molecular weight excluding hydrogens is 330 g/mol. The summed E-state index contributed by atoms with van der Waals surface area (Å²) in [4.78, 5) is 27.9. The first-order chi connectivity index (χ1) is 12.5. The highest BCUT2D eigenvalue weighted by Gasteiger charge is 2.29. The van der Waals surface area contributed by atoms with E-state index in [2.05, 4.69) is 41.4 Å². The maximum absolute atomic E-state index is 12.6. The Bertz CT molecular complexity index is 626. The quantitative estimate of drug-likeness (QED) is 0.848. The molecule has 0 spiro atoms. The lowest BCUT2D eigenvalue weighted by Gasteiger charge is -2.33. The monoisotopic (exact) mass is 359 g/mol. The number of hydrogen-bond acceptors (Lipinski definition) is 3. The van der Waals surface area contributed by atoms with Crippen molar-refractivity contribution in [3.8, 4) is 0 Å². The first-order valence-corrected chi connectivity index (χ1v) is 9.61. The van der Waals surface area contributed by atoms with Gasteiger partial charge in [0.1, 0.15) is 0 Å². The number of carbonyl (C=O) groups is 2. The molecule has 1 aromatic rings. The van der Waals surface area contributed by atoms with Crippen molar-refractivity contribution in [3.05, 3.63) is 35.4 Å². The molecule has 2 unspecified atom stereocenters. The highest BCUT2D eigenvalue weighted by atomic mass is 16.4. The topological polar surface area (TPSA) is 72.9 Å². The molecule has 0 radical (unpaired) electrons. The summed E-state index contributed by atoms with van der Waals surface area (Å²) in [5, 5.41) is 12.3. The van der Waals surface area contributed by atoms with Crippen LogP contribution in [0.4, 0.5) is 4.79 Å². The second-order valence-electron chi connectivity index (χ2n) is 7.48. The molecule has 0 aliphatic carbocycles. The first-order valence-electron chi connectivity index (χ1n) is 9.61. The van der Waals surface area contributed by atoms with Crippen LogP contribution in [0.3, 0.4) is 0 Å². The van der Waals surface area contributed by atoms with Crippen LogP contribution in [0.5, 0.6) is 0 Å². The number of benzene rings is 1. The third-order valence-electron chi connectivity index (χ3n) is 5.55. The minimum atomic E-state index is -0.808. The largest absolute Gasteiger partial charge is 0.481 e. The summed E-state index contributed by atoms with van der Waals surface area (Å²) in [7, 11) is 0. The van der Waals surface area contributed by atoms with Gasteiger partial charge in [-0.3, -0.25) is 9.69 Å². The number of carboxylic acid groups (broad SMARTS) is 1. The van der Waals surface area contributed by atoms with E-state index in [9.17, 15) is 14.7 Å². The van der Waals surface area contributed by atoms with E-state index >= 15 is 0 Å². The number of piperidine rings is 1. The summed E-state index contributed by atoms with van der Waals surface area (Å²) >= 11 is 0. The number of urea groups is 1. The highest BCUT2D eigenvalue weighted by Crippen LogP contribution is 2.25. The van der Waals surface area contributed by atoms with Crippen molar-refractivity contribution in [1.82, 2.24) is 15.1 Å². The second-order valence-corrected chi connectivity index (χ2v) is 7.48. The van der Waals surface area contributed by atoms with Crippen LogP contribution < -0.4 is 5.32 Å². The Balaban J connectivity index is 1.62. The number of carboxylic acids is 1. The van der Waals surface area contributed by atoms with Crippen molar-refractivity contribution in [2.24, 2.45) is 5.92 Å². The second kappa shape index (κ2) is 8.54. The molecule has 6 nitrogen and oxygen atoms in total. The summed E-state index contributed by atoms with van der Waals surface area (Å²) in [6.07, 6.45) is 3.79. The number of nitrogens with one attached hydrogen (secondary N) is 1. The predicted octanol–water partition coefficient (Wildman–Crippen LogP) is 2.64. The van der Waals surface area contributed by atoms with Gasteiger partial charge < -0.3 is 15.3 Å². The number of aryl methyl sites for hydroxylation is 1. The van der Waals surface area contributed by atoms with Crippen LogP contribution in [0.1, 0.15) is 42.9 Å². The Labute approximate surface area is 155 Å². The summed E-state index contributed by atoms with van der Waals surface area (Å²) in [5.41, 5.74) is 2.45. The van der Waals surface area contributed by atoms with Crippen LogP contribution in [0.25, 0.3) is 0 Å². The Morgan fingerprint density at radius 2 is 1.85 bits per heavy atom. The summed E-state index contributed by atoms with van der Waals surface area (Å²) < 4.78 is 0. The molecule has 0 bridgehead atoms. The van der Waals surface area contributed by atoms with Gasteiger partial charge in [0, 0.05) is 19.6 Å². The van der Waals surface area contributed by atoms with Crippen molar-refractivity contribution in [3.63, 3.8) is 0 Å². The molecule has 2 fully saturated rings. The maximum atomic E-state index is 12.6. The fourth-order valence-electron chi connectivity index (χ4n) is 3.96. The number of carbonyl (C=O) groups excluding carboxylic acids is 1. The highest BCUT2D eigenvalue weighted by molar-refractivity contribution is 5.76. The van der Waals surface area contributed by atoms with Crippen molar-refractivity contribution < 1.29 is 14.7 Å². The zero-order valence-electron chi connectivity index (χ0n) is 15.5. The van der Waals surface area contributed by atoms with Crippen LogP contribution in [0.2, 0.25) is 0 Å². The third kappa shape index (κ3) is 4.55. The Hall–Kier alpha value is -2.08. The smallest absolute Gasteiger partial charge is 0.317 e.